The molecule has 5 atom stereocenters. The average molecular weight is 433 g/mol. The smallest absolute Gasteiger partial charge is 0.344 e. The van der Waals surface area contributed by atoms with E-state index in [-0.39, 0.29) is 35.5 Å². The third-order valence-electron chi connectivity index (χ3n) is 5.38. The van der Waals surface area contributed by atoms with Gasteiger partial charge in [0.2, 0.25) is 0 Å². The Hall–Kier alpha value is -2.48. The maximum atomic E-state index is 12.6. The number of carboxylic acids is 1. The first-order valence-electron chi connectivity index (χ1n) is 8.66. The summed E-state index contributed by atoms with van der Waals surface area (Å²) in [7, 11) is 0. The largest absolute Gasteiger partial charge is 0.479 e. The van der Waals surface area contributed by atoms with Crippen LogP contribution in [0.25, 0.3) is 0 Å². The van der Waals surface area contributed by atoms with Crippen LogP contribution in [-0.4, -0.2) is 40.2 Å². The Morgan fingerprint density at radius 1 is 1.30 bits per heavy atom. The Morgan fingerprint density at radius 3 is 2.48 bits per heavy atom. The summed E-state index contributed by atoms with van der Waals surface area (Å²) in [6.45, 7) is 1.44. The van der Waals surface area contributed by atoms with Crippen LogP contribution in [0.1, 0.15) is 18.9 Å². The number of hydrogen-bond acceptors (Lipinski definition) is 5. The van der Waals surface area contributed by atoms with Crippen molar-refractivity contribution in [3.8, 4) is 5.75 Å². The van der Waals surface area contributed by atoms with Crippen LogP contribution in [-0.2, 0) is 14.4 Å². The number of halogens is 1. The molecule has 2 aliphatic carbocycles. The second-order valence-corrected chi connectivity index (χ2v) is 7.88. The Bertz CT molecular complexity index is 866. The lowest BCUT2D eigenvalue weighted by Gasteiger charge is -2.13. The highest BCUT2D eigenvalue weighted by atomic mass is 79.9. The molecule has 1 aromatic rings. The van der Waals surface area contributed by atoms with Crippen LogP contribution < -0.4 is 4.74 Å². The number of rotatable bonds is 5. The van der Waals surface area contributed by atoms with Crippen LogP contribution in [0.15, 0.2) is 39.9 Å². The van der Waals surface area contributed by atoms with E-state index in [1.54, 1.807) is 18.2 Å². The predicted molar refractivity (Wildman–Crippen MR) is 99.0 cm³/mol. The minimum atomic E-state index is -1.06. The molecule has 1 N–H and O–H groups in total. The zero-order valence-electron chi connectivity index (χ0n) is 14.4. The highest BCUT2D eigenvalue weighted by molar-refractivity contribution is 9.10. The van der Waals surface area contributed by atoms with Gasteiger partial charge in [-0.2, -0.15) is 10.1 Å². The Labute approximate surface area is 163 Å². The number of ether oxygens (including phenoxy) is 1. The molecule has 1 saturated carbocycles. The number of hydrogen-bond donors (Lipinski definition) is 1. The minimum Gasteiger partial charge on any atom is -0.479 e. The molecule has 1 saturated heterocycles. The average Bonchev–Trinajstić information content (AvgIpc) is 3.30. The number of allylic oxidation sites excluding steroid dienone is 2. The van der Waals surface area contributed by atoms with Crippen molar-refractivity contribution in [3.05, 3.63) is 40.4 Å². The molecule has 3 aliphatic rings. The van der Waals surface area contributed by atoms with E-state index in [1.807, 2.05) is 12.2 Å². The van der Waals surface area contributed by atoms with E-state index in [2.05, 4.69) is 21.0 Å². The standard InChI is InChI=1S/C19H17BrN2O5/c1-9(19(25)26)27-14-5-2-10(6-13(14)20)8-21-22-17(23)15-11-3-4-12(7-11)16(15)18(22)24/h2-6,8-9,11-12,15-16H,7H2,1H3,(H,25,26)/t9-,11-,12-,15-,16+/m0/s1. The highest BCUT2D eigenvalue weighted by Gasteiger charge is 2.59. The third kappa shape index (κ3) is 2.97. The second kappa shape index (κ2) is 6.60. The minimum absolute atomic E-state index is 0.151. The van der Waals surface area contributed by atoms with Crippen molar-refractivity contribution in [1.82, 2.24) is 5.01 Å². The van der Waals surface area contributed by atoms with Gasteiger partial charge in [-0.25, -0.2) is 4.79 Å². The van der Waals surface area contributed by atoms with Crippen molar-refractivity contribution in [1.29, 1.82) is 0 Å². The van der Waals surface area contributed by atoms with Crippen LogP contribution in [0.3, 0.4) is 0 Å². The summed E-state index contributed by atoms with van der Waals surface area (Å²) >= 11 is 3.33. The number of amides is 2. The lowest BCUT2D eigenvalue weighted by Crippen LogP contribution is -2.28. The zero-order valence-corrected chi connectivity index (χ0v) is 16.0. The number of imide groups is 1. The van der Waals surface area contributed by atoms with Crippen LogP contribution in [0, 0.1) is 23.7 Å². The fourth-order valence-electron chi connectivity index (χ4n) is 4.06. The molecule has 27 heavy (non-hydrogen) atoms. The second-order valence-electron chi connectivity index (χ2n) is 7.02. The maximum absolute atomic E-state index is 12.6. The van der Waals surface area contributed by atoms with Gasteiger partial charge in [0.25, 0.3) is 11.8 Å². The number of aliphatic carboxylic acids is 1. The van der Waals surface area contributed by atoms with E-state index in [0.717, 1.165) is 11.4 Å². The van der Waals surface area contributed by atoms with E-state index < -0.39 is 12.1 Å². The van der Waals surface area contributed by atoms with Crippen LogP contribution in [0.5, 0.6) is 5.75 Å². The van der Waals surface area contributed by atoms with Gasteiger partial charge in [-0.15, -0.1) is 0 Å². The third-order valence-corrected chi connectivity index (χ3v) is 6.00. The van der Waals surface area contributed by atoms with Gasteiger partial charge < -0.3 is 9.84 Å². The Balaban J connectivity index is 1.49. The number of carbonyl (C=O) groups is 3. The summed E-state index contributed by atoms with van der Waals surface area (Å²) in [4.78, 5) is 36.1. The number of fused-ring (bicyclic) bond motifs is 5. The van der Waals surface area contributed by atoms with E-state index in [4.69, 9.17) is 9.84 Å². The summed E-state index contributed by atoms with van der Waals surface area (Å²) in [6.07, 6.45) is 5.43. The normalized spacial score (nSPS) is 29.6. The lowest BCUT2D eigenvalue weighted by molar-refractivity contribution is -0.144. The summed E-state index contributed by atoms with van der Waals surface area (Å²) in [5.74, 6) is -1.38. The SMILES string of the molecule is C[C@H](Oc1ccc(C=NN2C(=O)[C@@H]3[C@H](C2=O)[C@H]2C=C[C@H]3C2)cc1Br)C(=O)O. The van der Waals surface area contributed by atoms with Gasteiger partial charge in [-0.05, 0) is 64.9 Å². The van der Waals surface area contributed by atoms with Crippen molar-refractivity contribution in [3.63, 3.8) is 0 Å². The monoisotopic (exact) mass is 432 g/mol. The van der Waals surface area contributed by atoms with E-state index in [9.17, 15) is 14.4 Å². The lowest BCUT2D eigenvalue weighted by atomic mass is 9.85. The fraction of sp³-hybridized carbons (Fsp3) is 0.368. The van der Waals surface area contributed by atoms with Gasteiger partial charge in [-0.3, -0.25) is 9.59 Å². The maximum Gasteiger partial charge on any atom is 0.344 e. The topological polar surface area (TPSA) is 96.3 Å². The van der Waals surface area contributed by atoms with E-state index in [0.29, 0.717) is 15.8 Å². The molecule has 4 rings (SSSR count). The molecule has 140 valence electrons. The van der Waals surface area contributed by atoms with Crippen molar-refractivity contribution in [2.45, 2.75) is 19.4 Å². The van der Waals surface area contributed by atoms with E-state index >= 15 is 0 Å². The van der Waals surface area contributed by atoms with Gasteiger partial charge in [-0.1, -0.05) is 12.2 Å². The molecule has 0 radical (unpaired) electrons. The molecule has 1 aromatic carbocycles. The molecule has 8 heteroatoms. The zero-order chi connectivity index (χ0) is 19.3. The van der Waals surface area contributed by atoms with Crippen molar-refractivity contribution in [2.24, 2.45) is 28.8 Å². The van der Waals surface area contributed by atoms with Crippen molar-refractivity contribution >= 4 is 39.9 Å². The van der Waals surface area contributed by atoms with Gasteiger partial charge in [0, 0.05) is 0 Å². The molecule has 2 amide bonds. The molecule has 0 aromatic heterocycles. The van der Waals surface area contributed by atoms with Crippen LogP contribution in [0.2, 0.25) is 0 Å². The van der Waals surface area contributed by atoms with Gasteiger partial charge in [0.05, 0.1) is 22.5 Å². The molecule has 7 nitrogen and oxygen atoms in total. The number of benzene rings is 1. The first kappa shape index (κ1) is 17.9. The van der Waals surface area contributed by atoms with E-state index in [1.165, 1.54) is 13.1 Å². The van der Waals surface area contributed by atoms with Gasteiger partial charge in [0.15, 0.2) is 6.10 Å². The summed E-state index contributed by atoms with van der Waals surface area (Å²) in [5.41, 5.74) is 0.649. The molecule has 0 unspecified atom stereocenters. The van der Waals surface area contributed by atoms with Crippen LogP contribution in [0.4, 0.5) is 0 Å². The molecule has 2 fully saturated rings. The summed E-state index contributed by atoms with van der Waals surface area (Å²) in [6, 6.07) is 4.97. The fourth-order valence-corrected chi connectivity index (χ4v) is 4.55. The first-order valence-corrected chi connectivity index (χ1v) is 9.45. The number of carboxylic acid groups (broad SMARTS) is 1. The first-order chi connectivity index (χ1) is 12.9. The predicted octanol–water partition coefficient (Wildman–Crippen LogP) is 2.44. The molecular formula is C19H17BrN2O5. The van der Waals surface area contributed by atoms with Crippen molar-refractivity contribution < 1.29 is 24.2 Å². The Morgan fingerprint density at radius 2 is 1.93 bits per heavy atom. The highest BCUT2D eigenvalue weighted by Crippen LogP contribution is 2.52. The molecular weight excluding hydrogens is 416 g/mol. The number of nitrogens with zero attached hydrogens (tertiary/aromatic N) is 2. The molecule has 2 bridgehead atoms. The van der Waals surface area contributed by atoms with Crippen LogP contribution >= 0.6 is 15.9 Å². The number of carbonyl (C=O) groups excluding carboxylic acids is 2. The Kier molecular flexibility index (Phi) is 4.38. The molecule has 1 heterocycles. The summed E-state index contributed by atoms with van der Waals surface area (Å²) < 4.78 is 5.89. The molecule has 1 aliphatic heterocycles. The van der Waals surface area contributed by atoms with Crippen molar-refractivity contribution in [2.75, 3.05) is 0 Å². The number of hydrazone groups is 1. The van der Waals surface area contributed by atoms with Gasteiger partial charge in [0.1, 0.15) is 5.75 Å². The quantitative estimate of drug-likeness (QED) is 0.437. The van der Waals surface area contributed by atoms with Gasteiger partial charge >= 0.3 is 5.97 Å². The molecule has 0 spiro atoms. The summed E-state index contributed by atoms with van der Waals surface area (Å²) in [5, 5.41) is 14.0.